The van der Waals surface area contributed by atoms with E-state index in [0.29, 0.717) is 33.4 Å². The number of benzene rings is 1. The van der Waals surface area contributed by atoms with Gasteiger partial charge in [-0.25, -0.2) is 19.6 Å². The summed E-state index contributed by atoms with van der Waals surface area (Å²) in [4.78, 5) is 35.1. The fourth-order valence-electron chi connectivity index (χ4n) is 3.67. The van der Waals surface area contributed by atoms with Crippen LogP contribution in [0.4, 0.5) is 21.0 Å². The van der Waals surface area contributed by atoms with Crippen molar-refractivity contribution in [2.24, 2.45) is 0 Å². The molecule has 168 valence electrons. The molecule has 10 heteroatoms. The molecule has 3 heterocycles. The highest BCUT2D eigenvalue weighted by Gasteiger charge is 2.25. The van der Waals surface area contributed by atoms with E-state index in [-0.39, 0.29) is 18.2 Å². The van der Waals surface area contributed by atoms with Crippen LogP contribution >= 0.6 is 11.6 Å². The Labute approximate surface area is 190 Å². The third kappa shape index (κ3) is 4.77. The van der Waals surface area contributed by atoms with Crippen molar-refractivity contribution in [2.45, 2.75) is 45.8 Å². The lowest BCUT2D eigenvalue weighted by atomic mass is 10.1. The number of likely N-dealkylation sites (tertiary alicyclic amines) is 1. The van der Waals surface area contributed by atoms with Crippen molar-refractivity contribution in [2.75, 3.05) is 17.2 Å². The molecule has 0 radical (unpaired) electrons. The number of carbonyl (C=O) groups is 2. The normalized spacial score (nSPS) is 15.9. The number of hydrogen-bond acceptors (Lipinski definition) is 5. The summed E-state index contributed by atoms with van der Waals surface area (Å²) in [5, 5.41) is 6.08. The van der Waals surface area contributed by atoms with Gasteiger partial charge in [-0.1, -0.05) is 11.6 Å². The number of rotatable bonds is 4. The Hall–Kier alpha value is -3.33. The van der Waals surface area contributed by atoms with Crippen molar-refractivity contribution in [1.29, 1.82) is 0 Å². The quantitative estimate of drug-likeness (QED) is 0.573. The SMILES string of the molecule is CC(C)OC(=O)Nc1cnc2nc(-c3cc(NC(=O)N4CCCC4C)ccc3Cl)cn2c1. The average Bonchev–Trinajstić information content (AvgIpc) is 3.34. The van der Waals surface area contributed by atoms with Crippen LogP contribution in [0.3, 0.4) is 0 Å². The number of halogens is 1. The molecule has 2 aromatic heterocycles. The third-order valence-electron chi connectivity index (χ3n) is 5.21. The molecule has 1 atom stereocenters. The summed E-state index contributed by atoms with van der Waals surface area (Å²) >= 11 is 6.43. The van der Waals surface area contributed by atoms with E-state index in [1.807, 2.05) is 4.90 Å². The highest BCUT2D eigenvalue weighted by atomic mass is 35.5. The molecule has 1 fully saturated rings. The van der Waals surface area contributed by atoms with Crippen molar-refractivity contribution in [3.8, 4) is 11.3 Å². The molecule has 1 unspecified atom stereocenters. The van der Waals surface area contributed by atoms with Gasteiger partial charge in [-0.2, -0.15) is 0 Å². The lowest BCUT2D eigenvalue weighted by molar-refractivity contribution is 0.130. The number of ether oxygens (including phenoxy) is 1. The van der Waals surface area contributed by atoms with Crippen LogP contribution in [0.15, 0.2) is 36.8 Å². The van der Waals surface area contributed by atoms with Crippen molar-refractivity contribution < 1.29 is 14.3 Å². The first kappa shape index (κ1) is 21.9. The van der Waals surface area contributed by atoms with Crippen molar-refractivity contribution >= 4 is 40.9 Å². The van der Waals surface area contributed by atoms with Gasteiger partial charge in [0.2, 0.25) is 5.78 Å². The first-order valence-corrected chi connectivity index (χ1v) is 10.9. The minimum absolute atomic E-state index is 0.121. The molecule has 1 aliphatic heterocycles. The summed E-state index contributed by atoms with van der Waals surface area (Å²) in [5.74, 6) is 0.444. The van der Waals surface area contributed by atoms with Crippen LogP contribution in [0.25, 0.3) is 17.0 Å². The summed E-state index contributed by atoms with van der Waals surface area (Å²) in [5.41, 5.74) is 2.37. The smallest absolute Gasteiger partial charge is 0.411 e. The zero-order chi connectivity index (χ0) is 22.8. The fourth-order valence-corrected chi connectivity index (χ4v) is 3.88. The summed E-state index contributed by atoms with van der Waals surface area (Å²) in [6.07, 6.45) is 6.20. The van der Waals surface area contributed by atoms with E-state index in [4.69, 9.17) is 16.3 Å². The monoisotopic (exact) mass is 456 g/mol. The maximum absolute atomic E-state index is 12.6. The first-order valence-electron chi connectivity index (χ1n) is 10.5. The largest absolute Gasteiger partial charge is 0.447 e. The summed E-state index contributed by atoms with van der Waals surface area (Å²) in [7, 11) is 0. The Morgan fingerprint density at radius 3 is 2.75 bits per heavy atom. The van der Waals surface area contributed by atoms with Gasteiger partial charge in [0.05, 0.1) is 28.7 Å². The number of anilines is 2. The van der Waals surface area contributed by atoms with Crippen LogP contribution in [0.5, 0.6) is 0 Å². The maximum atomic E-state index is 12.6. The van der Waals surface area contributed by atoms with Crippen molar-refractivity contribution in [1.82, 2.24) is 19.3 Å². The lowest BCUT2D eigenvalue weighted by Gasteiger charge is -2.22. The number of nitrogens with one attached hydrogen (secondary N) is 2. The van der Waals surface area contributed by atoms with E-state index in [1.165, 1.54) is 6.20 Å². The Bertz CT molecular complexity index is 1160. The van der Waals surface area contributed by atoms with Gasteiger partial charge in [0.25, 0.3) is 0 Å². The fraction of sp³-hybridized carbons (Fsp3) is 0.364. The zero-order valence-corrected chi connectivity index (χ0v) is 18.9. The summed E-state index contributed by atoms with van der Waals surface area (Å²) in [6.45, 7) is 6.35. The van der Waals surface area contributed by atoms with Gasteiger partial charge in [-0.05, 0) is 51.8 Å². The molecule has 32 heavy (non-hydrogen) atoms. The molecule has 0 bridgehead atoms. The molecule has 4 rings (SSSR count). The minimum Gasteiger partial charge on any atom is -0.447 e. The molecule has 1 aliphatic rings. The van der Waals surface area contributed by atoms with Gasteiger partial charge >= 0.3 is 12.1 Å². The predicted octanol–water partition coefficient (Wildman–Crippen LogP) is 5.02. The van der Waals surface area contributed by atoms with Gasteiger partial charge in [-0.3, -0.25) is 9.72 Å². The van der Waals surface area contributed by atoms with Gasteiger partial charge in [0.1, 0.15) is 0 Å². The Kier molecular flexibility index (Phi) is 6.18. The number of carbonyl (C=O) groups excluding carboxylic acids is 2. The minimum atomic E-state index is -0.555. The first-order chi connectivity index (χ1) is 15.3. The molecular formula is C22H25ClN6O3. The molecule has 0 aliphatic carbocycles. The van der Waals surface area contributed by atoms with E-state index in [0.717, 1.165) is 19.4 Å². The topological polar surface area (TPSA) is 101 Å². The third-order valence-corrected chi connectivity index (χ3v) is 5.54. The van der Waals surface area contributed by atoms with Crippen LogP contribution in [0.2, 0.25) is 5.02 Å². The molecule has 0 saturated carbocycles. The van der Waals surface area contributed by atoms with Crippen LogP contribution in [0.1, 0.15) is 33.6 Å². The lowest BCUT2D eigenvalue weighted by Crippen LogP contribution is -2.37. The van der Waals surface area contributed by atoms with Crippen LogP contribution in [0, 0.1) is 0 Å². The molecule has 2 N–H and O–H groups in total. The highest BCUT2D eigenvalue weighted by molar-refractivity contribution is 6.33. The molecule has 0 spiro atoms. The van der Waals surface area contributed by atoms with E-state index in [1.54, 1.807) is 48.8 Å². The summed E-state index contributed by atoms with van der Waals surface area (Å²) < 4.78 is 6.77. The van der Waals surface area contributed by atoms with E-state index in [9.17, 15) is 9.59 Å². The number of hydrogen-bond donors (Lipinski definition) is 2. The van der Waals surface area contributed by atoms with Crippen LogP contribution in [-0.4, -0.2) is 50.1 Å². The Balaban J connectivity index is 1.56. The average molecular weight is 457 g/mol. The molecule has 3 aromatic rings. The van der Waals surface area contributed by atoms with E-state index < -0.39 is 6.09 Å². The highest BCUT2D eigenvalue weighted by Crippen LogP contribution is 2.31. The maximum Gasteiger partial charge on any atom is 0.411 e. The van der Waals surface area contributed by atoms with Gasteiger partial charge in [0, 0.05) is 36.2 Å². The van der Waals surface area contributed by atoms with E-state index >= 15 is 0 Å². The number of fused-ring (bicyclic) bond motifs is 1. The molecular weight excluding hydrogens is 432 g/mol. The Morgan fingerprint density at radius 2 is 2.03 bits per heavy atom. The molecule has 3 amide bonds. The zero-order valence-electron chi connectivity index (χ0n) is 18.1. The summed E-state index contributed by atoms with van der Waals surface area (Å²) in [6, 6.07) is 5.39. The number of aromatic nitrogens is 3. The van der Waals surface area contributed by atoms with Crippen molar-refractivity contribution in [3.63, 3.8) is 0 Å². The van der Waals surface area contributed by atoms with Crippen LogP contribution in [-0.2, 0) is 4.74 Å². The molecule has 1 saturated heterocycles. The van der Waals surface area contributed by atoms with Gasteiger partial charge < -0.3 is 15.0 Å². The number of nitrogens with zero attached hydrogens (tertiary/aromatic N) is 4. The second-order valence-electron chi connectivity index (χ2n) is 8.06. The van der Waals surface area contributed by atoms with Crippen molar-refractivity contribution in [3.05, 3.63) is 41.8 Å². The Morgan fingerprint density at radius 1 is 1.22 bits per heavy atom. The second kappa shape index (κ2) is 9.04. The number of imidazole rings is 1. The second-order valence-corrected chi connectivity index (χ2v) is 8.47. The number of urea groups is 1. The predicted molar refractivity (Wildman–Crippen MR) is 123 cm³/mol. The van der Waals surface area contributed by atoms with E-state index in [2.05, 4.69) is 27.5 Å². The molecule has 9 nitrogen and oxygen atoms in total. The molecule has 1 aromatic carbocycles. The van der Waals surface area contributed by atoms with Gasteiger partial charge in [-0.15, -0.1) is 0 Å². The number of amides is 3. The standard InChI is InChI=1S/C22H25ClN6O3/c1-13(2)32-22(31)26-16-10-24-20-27-19(12-28(20)11-16)17-9-15(6-7-18(17)23)25-21(30)29-8-4-5-14(29)3/h6-7,9-14H,4-5,8H2,1-3H3,(H,25,30)(H,26,31). The van der Waals surface area contributed by atoms with Crippen LogP contribution < -0.4 is 10.6 Å². The van der Waals surface area contributed by atoms with Gasteiger partial charge in [0.15, 0.2) is 0 Å².